The number of piperazine rings is 1. The fraction of sp³-hybridized carbons (Fsp3) is 0.435. The molecule has 0 radical (unpaired) electrons. The normalized spacial score (nSPS) is 14.5. The van der Waals surface area contributed by atoms with E-state index in [0.717, 1.165) is 45.0 Å². The van der Waals surface area contributed by atoms with Gasteiger partial charge in [-0.25, -0.2) is 19.9 Å². The predicted octanol–water partition coefficient (Wildman–Crippen LogP) is 2.43. The molecule has 0 aliphatic carbocycles. The fourth-order valence-electron chi connectivity index (χ4n) is 3.78. The number of fused-ring (bicyclic) bond motifs is 1. The molecule has 0 atom stereocenters. The van der Waals surface area contributed by atoms with E-state index in [-0.39, 0.29) is 5.97 Å². The lowest BCUT2D eigenvalue weighted by molar-refractivity contribution is -0.144. The van der Waals surface area contributed by atoms with Crippen molar-refractivity contribution in [1.82, 2.24) is 29.7 Å². The van der Waals surface area contributed by atoms with Crippen LogP contribution in [0, 0.1) is 0 Å². The number of esters is 1. The number of ether oxygens (including phenoxy) is 1. The highest BCUT2D eigenvalue weighted by Crippen LogP contribution is 2.24. The van der Waals surface area contributed by atoms with Crippen molar-refractivity contribution in [3.63, 3.8) is 0 Å². The summed E-state index contributed by atoms with van der Waals surface area (Å²) >= 11 is 6.11. The molecule has 3 aromatic rings. The molecule has 0 bridgehead atoms. The third-order valence-electron chi connectivity index (χ3n) is 5.61. The van der Waals surface area contributed by atoms with Gasteiger partial charge in [-0.15, -0.1) is 0 Å². The molecule has 1 fully saturated rings. The minimum atomic E-state index is -0.184. The summed E-state index contributed by atoms with van der Waals surface area (Å²) in [4.78, 5) is 36.2. The van der Waals surface area contributed by atoms with E-state index >= 15 is 0 Å². The summed E-state index contributed by atoms with van der Waals surface area (Å²) in [6.45, 7) is 7.67. The molecule has 1 saturated heterocycles. The number of nitrogens with zero attached hydrogens (tertiary/aromatic N) is 7. The molecule has 1 N–H and O–H groups in total. The van der Waals surface area contributed by atoms with Crippen molar-refractivity contribution in [3.05, 3.63) is 41.8 Å². The number of carbonyl (C=O) groups is 1. The molecule has 3 heterocycles. The average Bonchev–Trinajstić information content (AvgIpc) is 2.83. The number of carbonyl (C=O) groups excluding carboxylic acids is 1. The number of nitrogens with one attached hydrogen (secondary N) is 1. The molecule has 1 aromatic carbocycles. The van der Waals surface area contributed by atoms with E-state index in [1.807, 2.05) is 43.1 Å². The SMILES string of the molecule is CCOC(=O)CN(C)CCN1CCN(c2ncc3ncnc(Nc4cccc(Cl)c4)c3n2)CC1. The van der Waals surface area contributed by atoms with Crippen molar-refractivity contribution in [2.24, 2.45) is 0 Å². The lowest BCUT2D eigenvalue weighted by Gasteiger charge is -2.35. The van der Waals surface area contributed by atoms with Gasteiger partial charge in [0.15, 0.2) is 5.82 Å². The maximum atomic E-state index is 11.6. The molecular formula is C23H29ClN8O2. The van der Waals surface area contributed by atoms with Crippen molar-refractivity contribution in [1.29, 1.82) is 0 Å². The van der Waals surface area contributed by atoms with Gasteiger partial charge in [0.05, 0.1) is 19.3 Å². The number of benzene rings is 1. The zero-order chi connectivity index (χ0) is 23.9. The van der Waals surface area contributed by atoms with E-state index in [1.54, 1.807) is 6.20 Å². The first kappa shape index (κ1) is 24.1. The van der Waals surface area contributed by atoms with Gasteiger partial charge in [-0.3, -0.25) is 14.6 Å². The molecular weight excluding hydrogens is 456 g/mol. The Kier molecular flexibility index (Phi) is 8.04. The highest BCUT2D eigenvalue weighted by molar-refractivity contribution is 6.30. The van der Waals surface area contributed by atoms with E-state index in [1.165, 1.54) is 6.33 Å². The van der Waals surface area contributed by atoms with E-state index in [9.17, 15) is 4.79 Å². The highest BCUT2D eigenvalue weighted by atomic mass is 35.5. The fourth-order valence-corrected chi connectivity index (χ4v) is 3.97. The largest absolute Gasteiger partial charge is 0.465 e. The Morgan fingerprint density at radius 1 is 1.21 bits per heavy atom. The zero-order valence-electron chi connectivity index (χ0n) is 19.4. The van der Waals surface area contributed by atoms with Gasteiger partial charge in [0.25, 0.3) is 0 Å². The topological polar surface area (TPSA) is 99.6 Å². The quantitative estimate of drug-likeness (QED) is 0.456. The second-order valence-corrected chi connectivity index (χ2v) is 8.57. The summed E-state index contributed by atoms with van der Waals surface area (Å²) in [6, 6.07) is 7.46. The number of aromatic nitrogens is 4. The van der Waals surface area contributed by atoms with Crippen LogP contribution in [0.1, 0.15) is 6.92 Å². The Morgan fingerprint density at radius 3 is 2.79 bits per heavy atom. The summed E-state index contributed by atoms with van der Waals surface area (Å²) in [5.41, 5.74) is 2.16. The molecule has 34 heavy (non-hydrogen) atoms. The molecule has 2 aromatic heterocycles. The molecule has 1 aliphatic heterocycles. The standard InChI is InChI=1S/C23H29ClN8O2/c1-3-34-20(33)15-30(2)7-8-31-9-11-32(12-10-31)23-25-14-19-21(29-23)22(27-16-26-19)28-18-6-4-5-17(24)13-18/h4-6,13-14,16H,3,7-12,15H2,1-2H3,(H,26,27,28). The summed E-state index contributed by atoms with van der Waals surface area (Å²) in [7, 11) is 1.94. The summed E-state index contributed by atoms with van der Waals surface area (Å²) in [6.07, 6.45) is 3.23. The molecule has 0 unspecified atom stereocenters. The summed E-state index contributed by atoms with van der Waals surface area (Å²) in [5.74, 6) is 1.09. The monoisotopic (exact) mass is 484 g/mol. The zero-order valence-corrected chi connectivity index (χ0v) is 20.2. The second kappa shape index (κ2) is 11.4. The van der Waals surface area contributed by atoms with E-state index < -0.39 is 0 Å². The van der Waals surface area contributed by atoms with Crippen molar-refractivity contribution < 1.29 is 9.53 Å². The minimum absolute atomic E-state index is 0.184. The predicted molar refractivity (Wildman–Crippen MR) is 133 cm³/mol. The minimum Gasteiger partial charge on any atom is -0.465 e. The molecule has 4 rings (SSSR count). The van der Waals surface area contributed by atoms with Crippen LogP contribution in [0.15, 0.2) is 36.8 Å². The van der Waals surface area contributed by atoms with Gasteiger partial charge in [-0.2, -0.15) is 0 Å². The van der Waals surface area contributed by atoms with Crippen LogP contribution in [-0.2, 0) is 9.53 Å². The van der Waals surface area contributed by atoms with Crippen LogP contribution >= 0.6 is 11.6 Å². The average molecular weight is 485 g/mol. The molecule has 1 aliphatic rings. The number of halogens is 1. The molecule has 11 heteroatoms. The van der Waals surface area contributed by atoms with Crippen LogP contribution in [0.25, 0.3) is 11.0 Å². The Balaban J connectivity index is 1.37. The number of hydrogen-bond acceptors (Lipinski definition) is 10. The van der Waals surface area contributed by atoms with Gasteiger partial charge in [0, 0.05) is 50.0 Å². The van der Waals surface area contributed by atoms with Crippen molar-refractivity contribution in [2.45, 2.75) is 6.92 Å². The third kappa shape index (κ3) is 6.28. The third-order valence-corrected chi connectivity index (χ3v) is 5.84. The maximum absolute atomic E-state index is 11.6. The van der Waals surface area contributed by atoms with Crippen LogP contribution in [0.4, 0.5) is 17.5 Å². The van der Waals surface area contributed by atoms with Gasteiger partial charge in [-0.1, -0.05) is 17.7 Å². The lowest BCUT2D eigenvalue weighted by atomic mass is 10.3. The van der Waals surface area contributed by atoms with Crippen LogP contribution in [0.3, 0.4) is 0 Å². The highest BCUT2D eigenvalue weighted by Gasteiger charge is 2.20. The van der Waals surface area contributed by atoms with Crippen molar-refractivity contribution in [2.75, 3.05) is 69.7 Å². The molecule has 180 valence electrons. The second-order valence-electron chi connectivity index (χ2n) is 8.13. The maximum Gasteiger partial charge on any atom is 0.320 e. The summed E-state index contributed by atoms with van der Waals surface area (Å²) in [5, 5.41) is 3.93. The van der Waals surface area contributed by atoms with Gasteiger partial charge in [-0.05, 0) is 32.2 Å². The van der Waals surface area contributed by atoms with Crippen LogP contribution in [-0.4, -0.2) is 95.2 Å². The Hall–Kier alpha value is -3.08. The smallest absolute Gasteiger partial charge is 0.320 e. The van der Waals surface area contributed by atoms with E-state index in [2.05, 4.69) is 30.1 Å². The van der Waals surface area contributed by atoms with Gasteiger partial charge in [0.2, 0.25) is 5.95 Å². The van der Waals surface area contributed by atoms with Crippen LogP contribution in [0.2, 0.25) is 5.02 Å². The van der Waals surface area contributed by atoms with Crippen molar-refractivity contribution >= 4 is 46.1 Å². The first-order valence-electron chi connectivity index (χ1n) is 11.3. The first-order valence-corrected chi connectivity index (χ1v) is 11.7. The number of rotatable bonds is 9. The number of hydrogen-bond donors (Lipinski definition) is 1. The van der Waals surface area contributed by atoms with Gasteiger partial charge < -0.3 is 15.0 Å². The van der Waals surface area contributed by atoms with E-state index in [0.29, 0.717) is 41.0 Å². The van der Waals surface area contributed by atoms with Gasteiger partial charge in [0.1, 0.15) is 17.4 Å². The van der Waals surface area contributed by atoms with Gasteiger partial charge >= 0.3 is 5.97 Å². The lowest BCUT2D eigenvalue weighted by Crippen LogP contribution is -2.49. The first-order chi connectivity index (χ1) is 16.5. The molecule has 0 amide bonds. The molecule has 10 nitrogen and oxygen atoms in total. The molecule has 0 saturated carbocycles. The molecule has 0 spiro atoms. The number of anilines is 3. The Labute approximate surface area is 203 Å². The number of likely N-dealkylation sites (N-methyl/N-ethyl adjacent to an activating group) is 1. The summed E-state index contributed by atoms with van der Waals surface area (Å²) < 4.78 is 5.01. The van der Waals surface area contributed by atoms with Crippen LogP contribution < -0.4 is 10.2 Å². The van der Waals surface area contributed by atoms with E-state index in [4.69, 9.17) is 21.3 Å². The van der Waals surface area contributed by atoms with Crippen LogP contribution in [0.5, 0.6) is 0 Å². The Morgan fingerprint density at radius 2 is 2.03 bits per heavy atom. The van der Waals surface area contributed by atoms with Crippen molar-refractivity contribution in [3.8, 4) is 0 Å². The Bertz CT molecular complexity index is 1120.